The molecule has 0 aliphatic carbocycles. The highest BCUT2D eigenvalue weighted by Crippen LogP contribution is 2.26. The second-order valence-electron chi connectivity index (χ2n) is 5.34. The van der Waals surface area contributed by atoms with Crippen molar-refractivity contribution in [2.24, 2.45) is 0 Å². The summed E-state index contributed by atoms with van der Waals surface area (Å²) in [6.07, 6.45) is 4.20. The molecule has 106 valence electrons. The van der Waals surface area contributed by atoms with E-state index in [1.54, 1.807) is 16.5 Å². The Hall–Kier alpha value is -1.88. The molecule has 0 bridgehead atoms. The number of hydrogen-bond acceptors (Lipinski definition) is 3. The van der Waals surface area contributed by atoms with Crippen molar-refractivity contribution in [3.63, 3.8) is 0 Å². The number of carbonyl (C=O) groups is 1. The minimum atomic E-state index is -0.918. The van der Waals surface area contributed by atoms with E-state index >= 15 is 0 Å². The summed E-state index contributed by atoms with van der Waals surface area (Å²) in [5, 5.41) is 9.23. The molecule has 5 nitrogen and oxygen atoms in total. The van der Waals surface area contributed by atoms with E-state index in [9.17, 15) is 9.90 Å². The lowest BCUT2D eigenvalue weighted by Gasteiger charge is -2.30. The fraction of sp³-hybridized carbons (Fsp3) is 0.467. The van der Waals surface area contributed by atoms with E-state index in [1.165, 1.54) is 6.42 Å². The molecular weight excluding hydrogens is 254 g/mol. The zero-order chi connectivity index (χ0) is 14.1. The van der Waals surface area contributed by atoms with Crippen LogP contribution in [0, 0.1) is 0 Å². The van der Waals surface area contributed by atoms with Crippen LogP contribution in [-0.4, -0.2) is 45.0 Å². The van der Waals surface area contributed by atoms with Gasteiger partial charge in [-0.05, 0) is 38.1 Å². The van der Waals surface area contributed by atoms with Crippen molar-refractivity contribution in [1.29, 1.82) is 0 Å². The Morgan fingerprint density at radius 2 is 2.35 bits per heavy atom. The zero-order valence-electron chi connectivity index (χ0n) is 11.6. The lowest BCUT2D eigenvalue weighted by Crippen LogP contribution is -2.34. The second-order valence-corrected chi connectivity index (χ2v) is 5.34. The first-order valence-corrected chi connectivity index (χ1v) is 7.12. The molecule has 1 saturated heterocycles. The third kappa shape index (κ3) is 2.29. The second kappa shape index (κ2) is 5.25. The first-order valence-electron chi connectivity index (χ1n) is 7.12. The maximum absolute atomic E-state index is 11.2. The monoisotopic (exact) mass is 273 g/mol. The van der Waals surface area contributed by atoms with Gasteiger partial charge in [0.1, 0.15) is 11.3 Å². The molecule has 2 aromatic rings. The predicted octanol–water partition coefficient (Wildman–Crippen LogP) is 2.23. The third-order valence-corrected chi connectivity index (χ3v) is 4.10. The average molecular weight is 273 g/mol. The molecule has 5 heteroatoms. The minimum Gasteiger partial charge on any atom is -0.477 e. The van der Waals surface area contributed by atoms with Crippen molar-refractivity contribution in [3.8, 4) is 0 Å². The van der Waals surface area contributed by atoms with Crippen LogP contribution in [0.15, 0.2) is 24.4 Å². The zero-order valence-corrected chi connectivity index (χ0v) is 11.6. The summed E-state index contributed by atoms with van der Waals surface area (Å²) in [7, 11) is 0. The summed E-state index contributed by atoms with van der Waals surface area (Å²) in [5.41, 5.74) is 2.00. The number of hydrogen-bond donors (Lipinski definition) is 1. The van der Waals surface area contributed by atoms with Crippen LogP contribution in [0.1, 0.15) is 41.9 Å². The molecule has 0 radical (unpaired) electrons. The first kappa shape index (κ1) is 13.1. The lowest BCUT2D eigenvalue weighted by atomic mass is 9.95. The van der Waals surface area contributed by atoms with Crippen LogP contribution in [0.4, 0.5) is 0 Å². The van der Waals surface area contributed by atoms with Gasteiger partial charge in [0.05, 0.1) is 5.69 Å². The van der Waals surface area contributed by atoms with Gasteiger partial charge in [-0.3, -0.25) is 4.40 Å². The van der Waals surface area contributed by atoms with Crippen LogP contribution >= 0.6 is 0 Å². The van der Waals surface area contributed by atoms with Gasteiger partial charge in [-0.1, -0.05) is 13.0 Å². The summed E-state index contributed by atoms with van der Waals surface area (Å²) in [4.78, 5) is 18.3. The Bertz CT molecular complexity index is 635. The van der Waals surface area contributed by atoms with Crippen LogP contribution in [-0.2, 0) is 0 Å². The van der Waals surface area contributed by atoms with Gasteiger partial charge in [0.25, 0.3) is 0 Å². The Balaban J connectivity index is 1.96. The molecule has 20 heavy (non-hydrogen) atoms. The molecule has 1 atom stereocenters. The summed E-state index contributed by atoms with van der Waals surface area (Å²) in [5.74, 6) is -0.511. The quantitative estimate of drug-likeness (QED) is 0.931. The number of fused-ring (bicyclic) bond motifs is 1. The van der Waals surface area contributed by atoms with Crippen molar-refractivity contribution >= 4 is 11.6 Å². The summed E-state index contributed by atoms with van der Waals surface area (Å²) >= 11 is 0. The number of imidazole rings is 1. The van der Waals surface area contributed by atoms with Gasteiger partial charge >= 0.3 is 5.97 Å². The highest BCUT2D eigenvalue weighted by molar-refractivity contribution is 5.86. The molecule has 2 aromatic heterocycles. The van der Waals surface area contributed by atoms with E-state index in [0.29, 0.717) is 11.6 Å². The van der Waals surface area contributed by atoms with Crippen LogP contribution in [0.5, 0.6) is 0 Å². The molecule has 0 aromatic carbocycles. The maximum Gasteiger partial charge on any atom is 0.352 e. The fourth-order valence-corrected chi connectivity index (χ4v) is 2.98. The molecule has 1 N–H and O–H groups in total. The standard InChI is InChI=1S/C15H19N3O2/c1-2-17-8-4-5-11(9-17)12-10-18-13(15(19)20)6-3-7-14(18)16-12/h3,6-7,10-11H,2,4-5,8-9H2,1H3,(H,19,20). The number of carboxylic acids is 1. The predicted molar refractivity (Wildman–Crippen MR) is 76.2 cm³/mol. The highest BCUT2D eigenvalue weighted by atomic mass is 16.4. The van der Waals surface area contributed by atoms with Gasteiger partial charge in [0, 0.05) is 18.7 Å². The topological polar surface area (TPSA) is 57.8 Å². The number of likely N-dealkylation sites (tertiary alicyclic amines) is 1. The summed E-state index contributed by atoms with van der Waals surface area (Å²) in [6, 6.07) is 5.21. The minimum absolute atomic E-state index is 0.268. The largest absolute Gasteiger partial charge is 0.477 e. The van der Waals surface area contributed by atoms with Crippen LogP contribution in [0.3, 0.4) is 0 Å². The molecule has 1 fully saturated rings. The number of rotatable bonds is 3. The average Bonchev–Trinajstić information content (AvgIpc) is 2.91. The molecule has 3 rings (SSSR count). The van der Waals surface area contributed by atoms with E-state index in [0.717, 1.165) is 31.7 Å². The van der Waals surface area contributed by atoms with Crippen LogP contribution < -0.4 is 0 Å². The van der Waals surface area contributed by atoms with Gasteiger partial charge in [-0.25, -0.2) is 9.78 Å². The fourth-order valence-electron chi connectivity index (χ4n) is 2.98. The Kier molecular flexibility index (Phi) is 3.44. The summed E-state index contributed by atoms with van der Waals surface area (Å²) < 4.78 is 1.68. The normalized spacial score (nSPS) is 20.4. The SMILES string of the molecule is CCN1CCCC(c2cn3c(C(=O)O)cccc3n2)C1. The number of carboxylic acid groups (broad SMARTS) is 1. The van der Waals surface area contributed by atoms with Gasteiger partial charge in [-0.2, -0.15) is 0 Å². The van der Waals surface area contributed by atoms with Crippen LogP contribution in [0.25, 0.3) is 5.65 Å². The number of pyridine rings is 1. The van der Waals surface area contributed by atoms with Crippen LogP contribution in [0.2, 0.25) is 0 Å². The number of nitrogens with zero attached hydrogens (tertiary/aromatic N) is 3. The molecule has 0 amide bonds. The third-order valence-electron chi connectivity index (χ3n) is 4.10. The van der Waals surface area contributed by atoms with E-state index in [4.69, 9.17) is 0 Å². The van der Waals surface area contributed by atoms with Crippen molar-refractivity contribution in [2.75, 3.05) is 19.6 Å². The van der Waals surface area contributed by atoms with Gasteiger partial charge in [-0.15, -0.1) is 0 Å². The van der Waals surface area contributed by atoms with Crippen molar-refractivity contribution in [2.45, 2.75) is 25.7 Å². The number of piperidine rings is 1. The Morgan fingerprint density at radius 3 is 3.10 bits per heavy atom. The molecular formula is C15H19N3O2. The van der Waals surface area contributed by atoms with E-state index < -0.39 is 5.97 Å². The van der Waals surface area contributed by atoms with E-state index in [1.807, 2.05) is 12.3 Å². The molecule has 3 heterocycles. The van der Waals surface area contributed by atoms with Gasteiger partial charge in [0.15, 0.2) is 0 Å². The van der Waals surface area contributed by atoms with Gasteiger partial charge < -0.3 is 10.0 Å². The molecule has 0 spiro atoms. The van der Waals surface area contributed by atoms with Gasteiger partial charge in [0.2, 0.25) is 0 Å². The lowest BCUT2D eigenvalue weighted by molar-refractivity contribution is 0.0689. The Labute approximate surface area is 117 Å². The van der Waals surface area contributed by atoms with E-state index in [2.05, 4.69) is 16.8 Å². The highest BCUT2D eigenvalue weighted by Gasteiger charge is 2.23. The van der Waals surface area contributed by atoms with E-state index in [-0.39, 0.29) is 5.69 Å². The maximum atomic E-state index is 11.2. The van der Waals surface area contributed by atoms with Crippen molar-refractivity contribution < 1.29 is 9.90 Å². The molecule has 0 saturated carbocycles. The Morgan fingerprint density at radius 1 is 1.50 bits per heavy atom. The number of likely N-dealkylation sites (N-methyl/N-ethyl adjacent to an activating group) is 1. The number of aromatic nitrogens is 2. The van der Waals surface area contributed by atoms with Crippen molar-refractivity contribution in [3.05, 3.63) is 35.8 Å². The molecule has 1 unspecified atom stereocenters. The summed E-state index contributed by atoms with van der Waals surface area (Å²) in [6.45, 7) is 5.41. The molecule has 1 aliphatic heterocycles. The molecule has 1 aliphatic rings. The smallest absolute Gasteiger partial charge is 0.352 e. The number of aromatic carboxylic acids is 1. The van der Waals surface area contributed by atoms with Crippen molar-refractivity contribution in [1.82, 2.24) is 14.3 Å². The first-order chi connectivity index (χ1) is 9.69.